The lowest BCUT2D eigenvalue weighted by Gasteiger charge is -2.20. The maximum Gasteiger partial charge on any atom is 0.422 e. The minimum Gasteiger partial charge on any atom is -0.484 e. The number of hydrogen-bond donors (Lipinski definition) is 1. The van der Waals surface area contributed by atoms with Gasteiger partial charge in [-0.15, -0.1) is 0 Å². The molecular formula is C22H24F3N3O4S. The molecule has 0 radical (unpaired) electrons. The lowest BCUT2D eigenvalue weighted by Crippen LogP contribution is -2.32. The number of nitrogens with zero attached hydrogens (tertiary/aromatic N) is 2. The highest BCUT2D eigenvalue weighted by molar-refractivity contribution is 7.91. The Hall–Kier alpha value is -2.92. The van der Waals surface area contributed by atoms with Crippen LogP contribution < -0.4 is 15.6 Å². The van der Waals surface area contributed by atoms with Crippen LogP contribution in [0.2, 0.25) is 0 Å². The molecule has 178 valence electrons. The fourth-order valence-electron chi connectivity index (χ4n) is 3.21. The van der Waals surface area contributed by atoms with E-state index in [-0.39, 0.29) is 29.4 Å². The second-order valence-corrected chi connectivity index (χ2v) is 9.91. The van der Waals surface area contributed by atoms with Crippen LogP contribution >= 0.6 is 0 Å². The van der Waals surface area contributed by atoms with Gasteiger partial charge in [0.15, 0.2) is 16.4 Å². The van der Waals surface area contributed by atoms with Gasteiger partial charge in [-0.2, -0.15) is 13.2 Å². The van der Waals surface area contributed by atoms with Gasteiger partial charge >= 0.3 is 6.18 Å². The molecule has 1 unspecified atom stereocenters. The summed E-state index contributed by atoms with van der Waals surface area (Å²) in [6.45, 7) is 2.08. The van der Waals surface area contributed by atoms with E-state index in [1.807, 2.05) is 0 Å². The number of alkyl halides is 3. The molecule has 0 aliphatic heterocycles. The average Bonchev–Trinajstić information content (AvgIpc) is 2.77. The van der Waals surface area contributed by atoms with Gasteiger partial charge in [0.05, 0.1) is 28.4 Å². The third-order valence-electron chi connectivity index (χ3n) is 4.99. The molecule has 1 N–H and O–H groups in total. The number of rotatable bonds is 9. The molecule has 11 heteroatoms. The van der Waals surface area contributed by atoms with Gasteiger partial charge in [0.2, 0.25) is 0 Å². The van der Waals surface area contributed by atoms with Crippen molar-refractivity contribution in [1.29, 1.82) is 0 Å². The highest BCUT2D eigenvalue weighted by Crippen LogP contribution is 2.22. The minimum atomic E-state index is -4.46. The Balaban J connectivity index is 1.97. The highest BCUT2D eigenvalue weighted by atomic mass is 32.2. The van der Waals surface area contributed by atoms with Gasteiger partial charge in [-0.3, -0.25) is 9.36 Å². The molecule has 7 nitrogen and oxygen atoms in total. The van der Waals surface area contributed by atoms with E-state index in [1.165, 1.54) is 28.8 Å². The zero-order valence-electron chi connectivity index (χ0n) is 18.1. The Morgan fingerprint density at radius 1 is 1.12 bits per heavy atom. The summed E-state index contributed by atoms with van der Waals surface area (Å²) in [5.74, 6) is 0.327. The van der Waals surface area contributed by atoms with Crippen LogP contribution in [-0.4, -0.2) is 48.8 Å². The second-order valence-electron chi connectivity index (χ2n) is 7.44. The number of sulfone groups is 1. The maximum atomic E-state index is 13.3. The van der Waals surface area contributed by atoms with Crippen molar-refractivity contribution in [2.75, 3.05) is 24.7 Å². The first-order valence-corrected chi connectivity index (χ1v) is 12.1. The van der Waals surface area contributed by atoms with Crippen molar-refractivity contribution < 1.29 is 26.3 Å². The fourth-order valence-corrected chi connectivity index (χ4v) is 3.93. The van der Waals surface area contributed by atoms with Gasteiger partial charge in [-0.1, -0.05) is 19.1 Å². The average molecular weight is 484 g/mol. The number of ether oxygens (including phenoxy) is 1. The van der Waals surface area contributed by atoms with Crippen molar-refractivity contribution >= 4 is 20.7 Å². The van der Waals surface area contributed by atoms with E-state index in [1.54, 1.807) is 38.1 Å². The maximum absolute atomic E-state index is 13.3. The largest absolute Gasteiger partial charge is 0.484 e. The first-order chi connectivity index (χ1) is 15.5. The predicted molar refractivity (Wildman–Crippen MR) is 120 cm³/mol. The van der Waals surface area contributed by atoms with Crippen LogP contribution in [-0.2, 0) is 9.84 Å². The summed E-state index contributed by atoms with van der Waals surface area (Å²) < 4.78 is 66.9. The van der Waals surface area contributed by atoms with E-state index in [9.17, 15) is 26.4 Å². The van der Waals surface area contributed by atoms with Crippen LogP contribution in [0, 0.1) is 0 Å². The summed E-state index contributed by atoms with van der Waals surface area (Å²) in [4.78, 5) is 17.9. The van der Waals surface area contributed by atoms with E-state index in [0.717, 1.165) is 0 Å². The monoisotopic (exact) mass is 483 g/mol. The zero-order chi connectivity index (χ0) is 24.2. The van der Waals surface area contributed by atoms with Gasteiger partial charge in [-0.25, -0.2) is 13.4 Å². The number of halogens is 3. The quantitative estimate of drug-likeness (QED) is 0.502. The smallest absolute Gasteiger partial charge is 0.422 e. The summed E-state index contributed by atoms with van der Waals surface area (Å²) in [6.07, 6.45) is -4.46. The van der Waals surface area contributed by atoms with Gasteiger partial charge in [0, 0.05) is 12.3 Å². The number of hydrogen-bond acceptors (Lipinski definition) is 6. The number of aromatic nitrogens is 2. The van der Waals surface area contributed by atoms with Gasteiger partial charge < -0.3 is 10.1 Å². The van der Waals surface area contributed by atoms with E-state index in [2.05, 4.69) is 10.3 Å². The van der Waals surface area contributed by atoms with Crippen LogP contribution in [0.1, 0.15) is 25.7 Å². The Labute approximate surface area is 189 Å². The normalized spacial score (nSPS) is 13.2. The second kappa shape index (κ2) is 9.92. The van der Waals surface area contributed by atoms with Crippen molar-refractivity contribution in [3.63, 3.8) is 0 Å². The SMILES string of the molecule is CCS(=O)(=O)CCNC(C)c1nc2ccccc2c(=O)n1-c1ccc(OCC(F)(F)F)cc1. The first kappa shape index (κ1) is 24.7. The molecule has 0 saturated heterocycles. The molecule has 3 aromatic rings. The number of fused-ring (bicyclic) bond motifs is 1. The van der Waals surface area contributed by atoms with Crippen molar-refractivity contribution in [3.8, 4) is 11.4 Å². The summed E-state index contributed by atoms with van der Waals surface area (Å²) >= 11 is 0. The fraction of sp³-hybridized carbons (Fsp3) is 0.364. The minimum absolute atomic E-state index is 0.00960. The van der Waals surface area contributed by atoms with Crippen molar-refractivity contribution in [2.45, 2.75) is 26.1 Å². The lowest BCUT2D eigenvalue weighted by atomic mass is 10.2. The molecule has 0 aliphatic rings. The molecule has 0 spiro atoms. The molecule has 0 saturated carbocycles. The molecule has 0 amide bonds. The molecule has 1 heterocycles. The molecular weight excluding hydrogens is 459 g/mol. The van der Waals surface area contributed by atoms with Crippen LogP contribution in [0.5, 0.6) is 5.75 Å². The molecule has 0 aliphatic carbocycles. The third kappa shape index (κ3) is 6.32. The van der Waals surface area contributed by atoms with Crippen molar-refractivity contribution in [1.82, 2.24) is 14.9 Å². The number of para-hydroxylation sites is 1. The number of nitrogens with one attached hydrogen (secondary N) is 1. The van der Waals surface area contributed by atoms with E-state index < -0.39 is 28.7 Å². The molecule has 0 bridgehead atoms. The summed E-state index contributed by atoms with van der Waals surface area (Å²) in [6, 6.07) is 11.9. The third-order valence-corrected chi connectivity index (χ3v) is 6.70. The zero-order valence-corrected chi connectivity index (χ0v) is 18.9. The van der Waals surface area contributed by atoms with Crippen LogP contribution in [0.15, 0.2) is 53.3 Å². The summed E-state index contributed by atoms with van der Waals surface area (Å²) in [5.41, 5.74) is 0.519. The molecule has 2 aromatic carbocycles. The highest BCUT2D eigenvalue weighted by Gasteiger charge is 2.28. The molecule has 33 heavy (non-hydrogen) atoms. The number of benzene rings is 2. The Morgan fingerprint density at radius 3 is 2.42 bits per heavy atom. The first-order valence-electron chi connectivity index (χ1n) is 10.3. The molecule has 3 rings (SSSR count). The summed E-state index contributed by atoms with van der Waals surface area (Å²) in [5, 5.41) is 3.46. The summed E-state index contributed by atoms with van der Waals surface area (Å²) in [7, 11) is -3.17. The topological polar surface area (TPSA) is 90.3 Å². The van der Waals surface area contributed by atoms with Gasteiger partial charge in [-0.05, 0) is 43.3 Å². The van der Waals surface area contributed by atoms with Crippen molar-refractivity contribution in [2.24, 2.45) is 0 Å². The van der Waals surface area contributed by atoms with E-state index in [0.29, 0.717) is 22.4 Å². The Kier molecular flexibility index (Phi) is 7.43. The van der Waals surface area contributed by atoms with Crippen molar-refractivity contribution in [3.05, 3.63) is 64.7 Å². The van der Waals surface area contributed by atoms with E-state index in [4.69, 9.17) is 4.74 Å². The lowest BCUT2D eigenvalue weighted by molar-refractivity contribution is -0.153. The van der Waals surface area contributed by atoms with Gasteiger partial charge in [0.25, 0.3) is 5.56 Å². The molecule has 1 aromatic heterocycles. The van der Waals surface area contributed by atoms with Gasteiger partial charge in [0.1, 0.15) is 11.6 Å². The molecule has 1 atom stereocenters. The van der Waals surface area contributed by atoms with E-state index >= 15 is 0 Å². The van der Waals surface area contributed by atoms with Crippen LogP contribution in [0.3, 0.4) is 0 Å². The Bertz CT molecular complexity index is 1270. The standard InChI is InChI=1S/C22H24F3N3O4S/c1-3-33(30,31)13-12-26-15(2)20-27-19-7-5-4-6-18(19)21(29)28(20)16-8-10-17(11-9-16)32-14-22(23,24)25/h4-11,15,26H,3,12-14H2,1-2H3. The molecule has 0 fully saturated rings. The Morgan fingerprint density at radius 2 is 1.79 bits per heavy atom. The van der Waals surface area contributed by atoms with Crippen LogP contribution in [0.25, 0.3) is 16.6 Å². The van der Waals surface area contributed by atoms with Crippen LogP contribution in [0.4, 0.5) is 13.2 Å². The predicted octanol–water partition coefficient (Wildman–Crippen LogP) is 3.41.